The van der Waals surface area contributed by atoms with Gasteiger partial charge in [0.05, 0.1) is 0 Å². The van der Waals surface area contributed by atoms with Crippen LogP contribution in [0, 0.1) is 0 Å². The van der Waals surface area contributed by atoms with Crippen molar-refractivity contribution >= 4 is 22.9 Å². The molecule has 4 aromatic rings. The van der Waals surface area contributed by atoms with Gasteiger partial charge in [-0.25, -0.2) is 0 Å². The Labute approximate surface area is 212 Å². The minimum absolute atomic E-state index is 0.627. The molecule has 7 nitrogen and oxygen atoms in total. The van der Waals surface area contributed by atoms with Crippen molar-refractivity contribution in [2.24, 2.45) is 9.03 Å². The minimum atomic E-state index is -3.21. The number of nitrogens with one attached hydrogen (secondary N) is 1. The first kappa shape index (κ1) is 24.6. The number of nitrogens with zero attached hydrogens (tertiary/aromatic N) is 2. The Hall–Kier alpha value is -3.07. The van der Waals surface area contributed by atoms with Crippen molar-refractivity contribution in [3.05, 3.63) is 121 Å². The number of para-hydroxylation sites is 4. The van der Waals surface area contributed by atoms with Gasteiger partial charge in [-0.2, -0.15) is 0 Å². The van der Waals surface area contributed by atoms with Crippen LogP contribution < -0.4 is 23.0 Å². The van der Waals surface area contributed by atoms with Gasteiger partial charge in [0.25, 0.3) is 0 Å². The zero-order chi connectivity index (χ0) is 24.9. The first-order chi connectivity index (χ1) is 17.4. The summed E-state index contributed by atoms with van der Waals surface area (Å²) in [5.41, 5.74) is 0. The summed E-state index contributed by atoms with van der Waals surface area (Å²) in [5.74, 6) is 2.63. The third-order valence-corrected chi connectivity index (χ3v) is 15.2. The Morgan fingerprint density at radius 3 is 1.42 bits per heavy atom. The Morgan fingerprint density at radius 1 is 0.583 bits per heavy atom. The molecule has 0 saturated heterocycles. The van der Waals surface area contributed by atoms with Gasteiger partial charge in [-0.15, -0.1) is 0 Å². The fourth-order valence-corrected chi connectivity index (χ4v) is 15.4. The van der Waals surface area contributed by atoms with E-state index in [0.29, 0.717) is 23.0 Å². The Morgan fingerprint density at radius 2 is 0.972 bits per heavy atom. The third-order valence-electron chi connectivity index (χ3n) is 5.03. The summed E-state index contributed by atoms with van der Waals surface area (Å²) in [7, 11) is -9.13. The molecular formula is C26H28N3O4P3. The van der Waals surface area contributed by atoms with Crippen LogP contribution in [0.3, 0.4) is 0 Å². The second-order valence-corrected chi connectivity index (χ2v) is 16.1. The van der Waals surface area contributed by atoms with E-state index in [-0.39, 0.29) is 0 Å². The van der Waals surface area contributed by atoms with Gasteiger partial charge < -0.3 is 0 Å². The zero-order valence-electron chi connectivity index (χ0n) is 20.0. The monoisotopic (exact) mass is 539 g/mol. The van der Waals surface area contributed by atoms with E-state index in [1.165, 1.54) is 0 Å². The predicted molar refractivity (Wildman–Crippen MR) is 150 cm³/mol. The van der Waals surface area contributed by atoms with Gasteiger partial charge in [0, 0.05) is 0 Å². The average Bonchev–Trinajstić information content (AvgIpc) is 2.85. The van der Waals surface area contributed by atoms with Gasteiger partial charge in [0.1, 0.15) is 0 Å². The van der Waals surface area contributed by atoms with Crippen LogP contribution in [0.1, 0.15) is 0 Å². The van der Waals surface area contributed by atoms with Crippen LogP contribution in [0.2, 0.25) is 0 Å². The molecule has 1 aliphatic rings. The molecule has 0 saturated carbocycles. The van der Waals surface area contributed by atoms with Crippen LogP contribution in [-0.2, 0) is 0 Å². The SMILES string of the molecule is CP1(Oc2ccccc2)=N[PH](C)(Oc2ccccc2)NP(Oc2ccccc2)(Oc2ccccc2)=N1. The van der Waals surface area contributed by atoms with Crippen LogP contribution in [0.5, 0.6) is 23.0 Å². The van der Waals surface area contributed by atoms with Gasteiger partial charge in [-0.05, 0) is 0 Å². The Balaban J connectivity index is 1.65. The third kappa shape index (κ3) is 6.19. The van der Waals surface area contributed by atoms with Crippen LogP contribution in [0.15, 0.2) is 130 Å². The fourth-order valence-electron chi connectivity index (χ4n) is 3.73. The molecule has 1 unspecified atom stereocenters. The van der Waals surface area contributed by atoms with Crippen molar-refractivity contribution in [3.63, 3.8) is 0 Å². The maximum atomic E-state index is 6.57. The van der Waals surface area contributed by atoms with Gasteiger partial charge in [0.15, 0.2) is 0 Å². The number of hydrogen-bond donors (Lipinski definition) is 1. The van der Waals surface area contributed by atoms with E-state index in [0.717, 1.165) is 0 Å². The van der Waals surface area contributed by atoms with Crippen molar-refractivity contribution < 1.29 is 18.1 Å². The molecule has 1 atom stereocenters. The van der Waals surface area contributed by atoms with Crippen molar-refractivity contribution in [2.75, 3.05) is 13.3 Å². The molecular weight excluding hydrogens is 511 g/mol. The first-order valence-electron chi connectivity index (χ1n) is 11.5. The molecule has 0 spiro atoms. The normalized spacial score (nSPS) is 20.6. The number of benzene rings is 4. The second kappa shape index (κ2) is 10.5. The summed E-state index contributed by atoms with van der Waals surface area (Å²) < 4.78 is 36.3. The van der Waals surface area contributed by atoms with Crippen LogP contribution >= 0.6 is 22.9 Å². The van der Waals surface area contributed by atoms with Crippen molar-refractivity contribution in [1.29, 1.82) is 0 Å². The molecule has 0 radical (unpaired) electrons. The molecule has 36 heavy (non-hydrogen) atoms. The second-order valence-electron chi connectivity index (χ2n) is 8.27. The van der Waals surface area contributed by atoms with Crippen molar-refractivity contribution in [3.8, 4) is 23.0 Å². The molecule has 5 rings (SSSR count). The molecule has 1 N–H and O–H groups in total. The number of rotatable bonds is 8. The van der Waals surface area contributed by atoms with E-state index in [4.69, 9.17) is 27.1 Å². The Bertz CT molecular complexity index is 1360. The number of hydrogen-bond acceptors (Lipinski definition) is 7. The molecule has 4 aromatic carbocycles. The average molecular weight is 539 g/mol. The van der Waals surface area contributed by atoms with E-state index >= 15 is 0 Å². The van der Waals surface area contributed by atoms with Crippen molar-refractivity contribution in [1.82, 2.24) is 4.86 Å². The Kier molecular flexibility index (Phi) is 7.18. The molecule has 0 amide bonds. The van der Waals surface area contributed by atoms with E-state index in [1.807, 2.05) is 135 Å². The molecule has 10 heteroatoms. The molecule has 1 heterocycles. The maximum absolute atomic E-state index is 6.57. The molecule has 0 fully saturated rings. The fraction of sp³-hybridized carbons (Fsp3) is 0.0769. The van der Waals surface area contributed by atoms with E-state index in [2.05, 4.69) is 4.86 Å². The predicted octanol–water partition coefficient (Wildman–Crippen LogP) is 8.64. The van der Waals surface area contributed by atoms with E-state index < -0.39 is 22.9 Å². The van der Waals surface area contributed by atoms with Crippen LogP contribution in [0.4, 0.5) is 0 Å². The molecule has 186 valence electrons. The van der Waals surface area contributed by atoms with Gasteiger partial charge >= 0.3 is 213 Å². The van der Waals surface area contributed by atoms with Gasteiger partial charge in [-0.3, -0.25) is 0 Å². The summed E-state index contributed by atoms with van der Waals surface area (Å²) in [5, 5.41) is 0. The summed E-state index contributed by atoms with van der Waals surface area (Å²) in [6.45, 7) is 3.89. The van der Waals surface area contributed by atoms with Crippen molar-refractivity contribution in [2.45, 2.75) is 0 Å². The standard InChI is InChI=1S/C26H28N3O4P3/c1-34(30-23-15-7-3-8-16-23)27-35(2,31-24-17-9-4-10-18-24)29-36(28-34,32-25-19-11-5-12-20-25)33-26-21-13-6-14-22-26/h3-22,28,34H,1-2H3. The van der Waals surface area contributed by atoms with Gasteiger partial charge in [0.2, 0.25) is 0 Å². The summed E-state index contributed by atoms with van der Waals surface area (Å²) in [4.78, 5) is 3.53. The summed E-state index contributed by atoms with van der Waals surface area (Å²) in [6.07, 6.45) is 0. The topological polar surface area (TPSA) is 73.7 Å². The summed E-state index contributed by atoms with van der Waals surface area (Å²) in [6, 6.07) is 38.2. The van der Waals surface area contributed by atoms with Gasteiger partial charge in [-0.1, -0.05) is 0 Å². The molecule has 1 aliphatic heterocycles. The van der Waals surface area contributed by atoms with Crippen LogP contribution in [-0.4, -0.2) is 13.3 Å². The quantitative estimate of drug-likeness (QED) is 0.227. The first-order valence-corrected chi connectivity index (χ1v) is 17.4. The van der Waals surface area contributed by atoms with Crippen LogP contribution in [0.25, 0.3) is 0 Å². The molecule has 0 bridgehead atoms. The summed E-state index contributed by atoms with van der Waals surface area (Å²) >= 11 is 0. The molecule has 0 aliphatic carbocycles. The molecule has 0 aromatic heterocycles. The zero-order valence-corrected chi connectivity index (χ0v) is 22.8. The van der Waals surface area contributed by atoms with E-state index in [1.54, 1.807) is 0 Å². The van der Waals surface area contributed by atoms with E-state index in [9.17, 15) is 0 Å².